The van der Waals surface area contributed by atoms with Crippen molar-refractivity contribution in [2.24, 2.45) is 5.73 Å². The summed E-state index contributed by atoms with van der Waals surface area (Å²) in [7, 11) is 0. The Labute approximate surface area is 121 Å². The summed E-state index contributed by atoms with van der Waals surface area (Å²) < 4.78 is 5.20. The topological polar surface area (TPSA) is 64.3 Å². The summed E-state index contributed by atoms with van der Waals surface area (Å²) in [6.07, 6.45) is 7.80. The number of hydrogen-bond acceptors (Lipinski definition) is 3. The van der Waals surface area contributed by atoms with Crippen LogP contribution in [0.25, 0.3) is 0 Å². The minimum absolute atomic E-state index is 0.0788. The summed E-state index contributed by atoms with van der Waals surface area (Å²) in [4.78, 5) is 10.6. The van der Waals surface area contributed by atoms with E-state index in [1.165, 1.54) is 38.5 Å². The van der Waals surface area contributed by atoms with E-state index in [1.807, 2.05) is 24.3 Å². The Morgan fingerprint density at radius 3 is 2.40 bits per heavy atom. The highest BCUT2D eigenvalue weighted by Crippen LogP contribution is 2.15. The normalized spacial score (nSPS) is 10.2. The smallest absolute Gasteiger partial charge is 0.255 e. The number of rotatable bonds is 11. The number of nitrogens with two attached hydrogens (primary N) is 1. The molecule has 0 bridgehead atoms. The maximum atomic E-state index is 10.6. The quantitative estimate of drug-likeness (QED) is 0.610. The van der Waals surface area contributed by atoms with E-state index in [-0.39, 0.29) is 6.61 Å². The average Bonchev–Trinajstić information content (AvgIpc) is 2.45. The number of amides is 1. The molecular formula is C16H26N2O2. The molecule has 0 heterocycles. The van der Waals surface area contributed by atoms with Crippen molar-refractivity contribution >= 4 is 11.6 Å². The van der Waals surface area contributed by atoms with Crippen LogP contribution >= 0.6 is 0 Å². The van der Waals surface area contributed by atoms with Crippen LogP contribution in [0.5, 0.6) is 5.75 Å². The minimum Gasteiger partial charge on any atom is -0.484 e. The number of carbonyl (C=O) groups is 1. The fourth-order valence-electron chi connectivity index (χ4n) is 1.96. The van der Waals surface area contributed by atoms with E-state index < -0.39 is 5.91 Å². The third kappa shape index (κ3) is 7.67. The van der Waals surface area contributed by atoms with Crippen molar-refractivity contribution < 1.29 is 9.53 Å². The molecule has 0 radical (unpaired) electrons. The number of benzene rings is 1. The monoisotopic (exact) mass is 278 g/mol. The molecule has 0 aliphatic rings. The van der Waals surface area contributed by atoms with Crippen LogP contribution in [0.1, 0.15) is 45.4 Å². The molecule has 20 heavy (non-hydrogen) atoms. The molecule has 0 saturated heterocycles. The van der Waals surface area contributed by atoms with Crippen molar-refractivity contribution in [1.82, 2.24) is 0 Å². The van der Waals surface area contributed by atoms with E-state index in [0.717, 1.165) is 12.2 Å². The second kappa shape index (κ2) is 10.1. The van der Waals surface area contributed by atoms with Crippen LogP contribution in [0.2, 0.25) is 0 Å². The Kier molecular flexibility index (Phi) is 8.27. The van der Waals surface area contributed by atoms with E-state index in [9.17, 15) is 4.79 Å². The van der Waals surface area contributed by atoms with Gasteiger partial charge in [-0.1, -0.05) is 39.0 Å². The van der Waals surface area contributed by atoms with Gasteiger partial charge in [-0.15, -0.1) is 0 Å². The van der Waals surface area contributed by atoms with Crippen LogP contribution in [-0.4, -0.2) is 19.1 Å². The first-order valence-corrected chi connectivity index (χ1v) is 7.47. The summed E-state index contributed by atoms with van der Waals surface area (Å²) in [6.45, 7) is 3.15. The minimum atomic E-state index is -0.463. The first-order valence-electron chi connectivity index (χ1n) is 7.47. The number of unbranched alkanes of at least 4 members (excludes halogenated alkanes) is 5. The van der Waals surface area contributed by atoms with Crippen molar-refractivity contribution in [3.8, 4) is 5.75 Å². The lowest BCUT2D eigenvalue weighted by molar-refractivity contribution is -0.119. The molecule has 0 aliphatic heterocycles. The predicted molar refractivity (Wildman–Crippen MR) is 83.0 cm³/mol. The summed E-state index contributed by atoms with van der Waals surface area (Å²) in [5, 5.41) is 3.38. The van der Waals surface area contributed by atoms with Gasteiger partial charge in [0.05, 0.1) is 0 Å². The van der Waals surface area contributed by atoms with E-state index in [4.69, 9.17) is 10.5 Å². The molecule has 112 valence electrons. The van der Waals surface area contributed by atoms with Crippen molar-refractivity contribution in [3.63, 3.8) is 0 Å². The molecule has 0 aromatic heterocycles. The van der Waals surface area contributed by atoms with Gasteiger partial charge in [-0.3, -0.25) is 4.79 Å². The molecule has 3 N–H and O–H groups in total. The van der Waals surface area contributed by atoms with Crippen molar-refractivity contribution in [2.75, 3.05) is 18.5 Å². The Morgan fingerprint density at radius 2 is 1.75 bits per heavy atom. The molecule has 4 heteroatoms. The van der Waals surface area contributed by atoms with Crippen molar-refractivity contribution in [2.45, 2.75) is 45.4 Å². The van der Waals surface area contributed by atoms with E-state index in [0.29, 0.717) is 5.75 Å². The maximum absolute atomic E-state index is 10.6. The number of carbonyl (C=O) groups excluding carboxylic acids is 1. The molecule has 0 saturated carbocycles. The summed E-state index contributed by atoms with van der Waals surface area (Å²) in [5.41, 5.74) is 6.09. The van der Waals surface area contributed by atoms with Gasteiger partial charge in [0.25, 0.3) is 5.91 Å². The standard InChI is InChI=1S/C16H26N2O2/c1-2-3-4-5-6-7-12-18-14-8-10-15(11-9-14)20-13-16(17)19/h8-11,18H,2-7,12-13H2,1H3,(H2,17,19). The number of ether oxygens (including phenoxy) is 1. The van der Waals surface area contributed by atoms with Crippen LogP contribution in [0, 0.1) is 0 Å². The van der Waals surface area contributed by atoms with E-state index >= 15 is 0 Å². The third-order valence-corrected chi connectivity index (χ3v) is 3.09. The zero-order chi connectivity index (χ0) is 14.6. The number of anilines is 1. The Balaban J connectivity index is 2.13. The highest BCUT2D eigenvalue weighted by atomic mass is 16.5. The Bertz CT molecular complexity index is 377. The molecular weight excluding hydrogens is 252 g/mol. The fourth-order valence-corrected chi connectivity index (χ4v) is 1.96. The van der Waals surface area contributed by atoms with Gasteiger partial charge in [-0.25, -0.2) is 0 Å². The molecule has 1 amide bonds. The van der Waals surface area contributed by atoms with Crippen LogP contribution in [-0.2, 0) is 4.79 Å². The van der Waals surface area contributed by atoms with Gasteiger partial charge in [0.15, 0.2) is 6.61 Å². The average molecular weight is 278 g/mol. The molecule has 0 atom stereocenters. The Hall–Kier alpha value is -1.71. The van der Waals surface area contributed by atoms with Gasteiger partial charge in [0.1, 0.15) is 5.75 Å². The van der Waals surface area contributed by atoms with Crippen LogP contribution < -0.4 is 15.8 Å². The molecule has 1 rings (SSSR count). The maximum Gasteiger partial charge on any atom is 0.255 e. The molecule has 1 aromatic carbocycles. The fraction of sp³-hybridized carbons (Fsp3) is 0.562. The molecule has 0 unspecified atom stereocenters. The lowest BCUT2D eigenvalue weighted by Crippen LogP contribution is -2.19. The first kappa shape index (κ1) is 16.3. The molecule has 0 aliphatic carbocycles. The molecule has 1 aromatic rings. The second-order valence-corrected chi connectivity index (χ2v) is 4.97. The summed E-state index contributed by atoms with van der Waals surface area (Å²) in [6, 6.07) is 7.58. The SMILES string of the molecule is CCCCCCCCNc1ccc(OCC(N)=O)cc1. The number of nitrogens with one attached hydrogen (secondary N) is 1. The van der Waals surface area contributed by atoms with Gasteiger partial charge >= 0.3 is 0 Å². The molecule has 4 nitrogen and oxygen atoms in total. The zero-order valence-electron chi connectivity index (χ0n) is 12.4. The predicted octanol–water partition coefficient (Wildman–Crippen LogP) is 3.32. The second-order valence-electron chi connectivity index (χ2n) is 4.97. The van der Waals surface area contributed by atoms with Gasteiger partial charge in [-0.2, -0.15) is 0 Å². The summed E-state index contributed by atoms with van der Waals surface area (Å²) in [5.74, 6) is 0.198. The molecule has 0 fully saturated rings. The highest BCUT2D eigenvalue weighted by molar-refractivity contribution is 5.75. The van der Waals surface area contributed by atoms with E-state index in [2.05, 4.69) is 12.2 Å². The number of hydrogen-bond donors (Lipinski definition) is 2. The van der Waals surface area contributed by atoms with E-state index in [1.54, 1.807) is 0 Å². The lowest BCUT2D eigenvalue weighted by Gasteiger charge is -2.08. The van der Waals surface area contributed by atoms with Gasteiger partial charge in [0.2, 0.25) is 0 Å². The number of primary amides is 1. The lowest BCUT2D eigenvalue weighted by atomic mass is 10.1. The van der Waals surface area contributed by atoms with Crippen LogP contribution in [0.15, 0.2) is 24.3 Å². The molecule has 0 spiro atoms. The highest BCUT2D eigenvalue weighted by Gasteiger charge is 1.98. The summed E-state index contributed by atoms with van der Waals surface area (Å²) >= 11 is 0. The van der Waals surface area contributed by atoms with Gasteiger partial charge in [-0.05, 0) is 30.7 Å². The van der Waals surface area contributed by atoms with Gasteiger partial charge < -0.3 is 15.8 Å². The van der Waals surface area contributed by atoms with Gasteiger partial charge in [0, 0.05) is 12.2 Å². The van der Waals surface area contributed by atoms with Crippen LogP contribution in [0.4, 0.5) is 5.69 Å². The van der Waals surface area contributed by atoms with Crippen molar-refractivity contribution in [1.29, 1.82) is 0 Å². The van der Waals surface area contributed by atoms with Crippen molar-refractivity contribution in [3.05, 3.63) is 24.3 Å². The third-order valence-electron chi connectivity index (χ3n) is 3.09. The Morgan fingerprint density at radius 1 is 1.10 bits per heavy atom. The zero-order valence-corrected chi connectivity index (χ0v) is 12.4. The first-order chi connectivity index (χ1) is 9.72. The van der Waals surface area contributed by atoms with Crippen LogP contribution in [0.3, 0.4) is 0 Å². The largest absolute Gasteiger partial charge is 0.484 e.